The van der Waals surface area contributed by atoms with Crippen LogP contribution >= 0.6 is 11.5 Å². The largest absolute Gasteiger partial charge is 0.481 e. The monoisotopic (exact) mass is 336 g/mol. The molecule has 124 valence electrons. The van der Waals surface area contributed by atoms with E-state index >= 15 is 0 Å². The first-order chi connectivity index (χ1) is 10.7. The third-order valence-corrected chi connectivity index (χ3v) is 5.66. The van der Waals surface area contributed by atoms with Crippen LogP contribution in [0.3, 0.4) is 0 Å². The third kappa shape index (κ3) is 3.15. The molecule has 3 atom stereocenters. The summed E-state index contributed by atoms with van der Waals surface area (Å²) in [6.45, 7) is 7.41. The molecule has 0 bridgehead atoms. The summed E-state index contributed by atoms with van der Waals surface area (Å²) in [6.07, 6.45) is 0.549. The fraction of sp³-hybridized carbons (Fsp3) is 0.600. The van der Waals surface area contributed by atoms with Gasteiger partial charge in [-0.25, -0.2) is 4.79 Å². The number of nitriles is 1. The summed E-state index contributed by atoms with van der Waals surface area (Å²) in [5.41, 5.74) is 0.593. The van der Waals surface area contributed by atoms with Crippen LogP contribution < -0.4 is 10.6 Å². The molecule has 1 aromatic heterocycles. The number of hydrogen-bond donors (Lipinski definition) is 3. The summed E-state index contributed by atoms with van der Waals surface area (Å²) in [6, 6.07) is 1.44. The highest BCUT2D eigenvalue weighted by Crippen LogP contribution is 2.52. The smallest absolute Gasteiger partial charge is 0.320 e. The molecule has 8 heteroatoms. The summed E-state index contributed by atoms with van der Waals surface area (Å²) < 4.78 is 4.05. The highest BCUT2D eigenvalue weighted by atomic mass is 32.1. The Kier molecular flexibility index (Phi) is 4.61. The van der Waals surface area contributed by atoms with Crippen molar-refractivity contribution in [2.24, 2.45) is 17.3 Å². The van der Waals surface area contributed by atoms with Gasteiger partial charge in [0, 0.05) is 6.04 Å². The van der Waals surface area contributed by atoms with Crippen molar-refractivity contribution < 1.29 is 14.7 Å². The van der Waals surface area contributed by atoms with Crippen LogP contribution in [0.25, 0.3) is 0 Å². The van der Waals surface area contributed by atoms with Gasteiger partial charge in [-0.2, -0.15) is 9.64 Å². The van der Waals surface area contributed by atoms with Crippen LogP contribution in [0.5, 0.6) is 0 Å². The van der Waals surface area contributed by atoms with Crippen LogP contribution in [-0.2, 0) is 4.79 Å². The summed E-state index contributed by atoms with van der Waals surface area (Å²) in [5.74, 6) is -1.08. The first-order valence-corrected chi connectivity index (χ1v) is 8.12. The van der Waals surface area contributed by atoms with Gasteiger partial charge in [-0.05, 0) is 43.1 Å². The lowest BCUT2D eigenvalue weighted by Crippen LogP contribution is -2.57. The Bertz CT molecular complexity index is 677. The van der Waals surface area contributed by atoms with Crippen molar-refractivity contribution in [1.29, 1.82) is 5.26 Å². The third-order valence-electron chi connectivity index (χ3n) is 4.81. The van der Waals surface area contributed by atoms with Crippen LogP contribution in [-0.4, -0.2) is 27.5 Å². The number of aryl methyl sites for hydroxylation is 1. The lowest BCUT2D eigenvalue weighted by molar-refractivity contribution is -0.160. The van der Waals surface area contributed by atoms with Gasteiger partial charge in [0.05, 0.1) is 11.6 Å². The van der Waals surface area contributed by atoms with E-state index in [1.165, 1.54) is 0 Å². The number of carboxylic acid groups (broad SMARTS) is 1. The van der Waals surface area contributed by atoms with Crippen LogP contribution in [0.2, 0.25) is 0 Å². The molecule has 1 aliphatic carbocycles. The average molecular weight is 336 g/mol. The molecule has 2 rings (SSSR count). The zero-order chi connectivity index (χ0) is 17.4. The molecule has 0 radical (unpaired) electrons. The van der Waals surface area contributed by atoms with Crippen molar-refractivity contribution in [3.63, 3.8) is 0 Å². The van der Waals surface area contributed by atoms with Gasteiger partial charge in [-0.3, -0.25) is 10.1 Å². The van der Waals surface area contributed by atoms with Crippen LogP contribution in [0.15, 0.2) is 0 Å². The van der Waals surface area contributed by atoms with E-state index in [0.29, 0.717) is 22.7 Å². The van der Waals surface area contributed by atoms with Crippen LogP contribution in [0.4, 0.5) is 9.80 Å². The molecule has 0 aliphatic heterocycles. The average Bonchev–Trinajstić information content (AvgIpc) is 2.76. The molecule has 1 heterocycles. The molecule has 23 heavy (non-hydrogen) atoms. The van der Waals surface area contributed by atoms with Gasteiger partial charge in [0.25, 0.3) is 0 Å². The number of aromatic nitrogens is 1. The number of carbonyl (C=O) groups excluding carboxylic acids is 1. The molecular formula is C15H20N4O3S. The Labute approximate surface area is 138 Å². The Hall–Kier alpha value is -2.14. The highest BCUT2D eigenvalue weighted by molar-refractivity contribution is 7.10. The van der Waals surface area contributed by atoms with Gasteiger partial charge in [-0.15, -0.1) is 0 Å². The number of rotatable bonds is 4. The fourth-order valence-electron chi connectivity index (χ4n) is 3.26. The minimum atomic E-state index is -0.790. The molecule has 0 saturated heterocycles. The molecule has 3 N–H and O–H groups in total. The minimum absolute atomic E-state index is 0.0907. The Morgan fingerprint density at radius 2 is 2.17 bits per heavy atom. The van der Waals surface area contributed by atoms with E-state index in [1.54, 1.807) is 6.92 Å². The quantitative estimate of drug-likeness (QED) is 0.781. The first kappa shape index (κ1) is 17.2. The number of carboxylic acids is 1. The molecule has 1 aliphatic rings. The minimum Gasteiger partial charge on any atom is -0.481 e. The Balaban J connectivity index is 1.96. The second-order valence-corrected chi connectivity index (χ2v) is 7.30. The van der Waals surface area contributed by atoms with E-state index < -0.39 is 12.0 Å². The number of nitrogens with one attached hydrogen (secondary N) is 2. The van der Waals surface area contributed by atoms with Crippen molar-refractivity contribution in [2.45, 2.75) is 40.2 Å². The molecular weight excluding hydrogens is 316 g/mol. The maximum absolute atomic E-state index is 12.1. The molecule has 0 spiro atoms. The molecule has 2 amide bonds. The summed E-state index contributed by atoms with van der Waals surface area (Å²) in [4.78, 5) is 23.3. The van der Waals surface area contributed by atoms with Crippen LogP contribution in [0, 0.1) is 35.5 Å². The number of amides is 2. The summed E-state index contributed by atoms with van der Waals surface area (Å²) >= 11 is 1.07. The maximum Gasteiger partial charge on any atom is 0.320 e. The Morgan fingerprint density at radius 3 is 2.70 bits per heavy atom. The molecule has 0 aromatic carbocycles. The maximum atomic E-state index is 12.1. The van der Waals surface area contributed by atoms with Crippen molar-refractivity contribution in [2.75, 3.05) is 5.32 Å². The molecule has 1 fully saturated rings. The number of hydrogen-bond acceptors (Lipinski definition) is 5. The molecule has 7 nitrogen and oxygen atoms in total. The van der Waals surface area contributed by atoms with Gasteiger partial charge in [0.2, 0.25) is 0 Å². The molecule has 1 saturated carbocycles. The zero-order valence-corrected chi connectivity index (χ0v) is 14.3. The van der Waals surface area contributed by atoms with Crippen molar-refractivity contribution >= 4 is 28.5 Å². The number of urea groups is 1. The Morgan fingerprint density at radius 1 is 1.52 bits per heavy atom. The number of carbonyl (C=O) groups is 2. The van der Waals surface area contributed by atoms with E-state index in [-0.39, 0.29) is 23.3 Å². The fourth-order valence-corrected chi connectivity index (χ4v) is 4.00. The van der Waals surface area contributed by atoms with Crippen molar-refractivity contribution in [3.05, 3.63) is 11.3 Å². The number of aliphatic carboxylic acids is 1. The van der Waals surface area contributed by atoms with Crippen molar-refractivity contribution in [1.82, 2.24) is 9.69 Å². The summed E-state index contributed by atoms with van der Waals surface area (Å²) in [7, 11) is 0. The van der Waals surface area contributed by atoms with Crippen molar-refractivity contribution in [3.8, 4) is 6.07 Å². The second-order valence-electron chi connectivity index (χ2n) is 6.53. The molecule has 1 aromatic rings. The van der Waals surface area contributed by atoms with E-state index in [0.717, 1.165) is 11.5 Å². The normalized spacial score (nSPS) is 23.3. The SMILES string of the molecule is Cc1nsc(NC(=O)NC(C)[C@@H]2C[C@H](C(=O)O)C2(C)C)c1C#N. The number of anilines is 1. The standard InChI is InChI=1S/C15H20N4O3S/c1-7-9(6-16)12(23-19-7)18-14(22)17-8(2)10-5-11(13(20)21)15(10,3)4/h8,10-11H,5H2,1-4H3,(H,20,21)(H2,17,18,22)/t8?,10-,11+/m0/s1. The summed E-state index contributed by atoms with van der Waals surface area (Å²) in [5, 5.41) is 24.1. The van der Waals surface area contributed by atoms with Gasteiger partial charge < -0.3 is 10.4 Å². The second kappa shape index (κ2) is 6.16. The van der Waals surface area contributed by atoms with Gasteiger partial charge in [0.1, 0.15) is 16.6 Å². The number of nitrogens with zero attached hydrogens (tertiary/aromatic N) is 2. The van der Waals surface area contributed by atoms with E-state index in [2.05, 4.69) is 15.0 Å². The van der Waals surface area contributed by atoms with E-state index in [1.807, 2.05) is 26.8 Å². The molecule has 1 unspecified atom stereocenters. The van der Waals surface area contributed by atoms with E-state index in [4.69, 9.17) is 10.4 Å². The van der Waals surface area contributed by atoms with Gasteiger partial charge in [-0.1, -0.05) is 13.8 Å². The van der Waals surface area contributed by atoms with Crippen LogP contribution in [0.1, 0.15) is 38.4 Å². The lowest BCUT2D eigenvalue weighted by atomic mass is 9.53. The predicted molar refractivity (Wildman–Crippen MR) is 86.2 cm³/mol. The lowest BCUT2D eigenvalue weighted by Gasteiger charge is -2.52. The highest BCUT2D eigenvalue weighted by Gasteiger charge is 2.53. The van der Waals surface area contributed by atoms with Gasteiger partial charge >= 0.3 is 12.0 Å². The zero-order valence-electron chi connectivity index (χ0n) is 13.5. The van der Waals surface area contributed by atoms with E-state index in [9.17, 15) is 9.59 Å². The first-order valence-electron chi connectivity index (χ1n) is 7.35. The predicted octanol–water partition coefficient (Wildman–Crippen LogP) is 2.58. The van der Waals surface area contributed by atoms with Gasteiger partial charge in [0.15, 0.2) is 0 Å². The topological polar surface area (TPSA) is 115 Å².